The van der Waals surface area contributed by atoms with Gasteiger partial charge in [-0.15, -0.1) is 0 Å². The Morgan fingerprint density at radius 3 is 2.71 bits per heavy atom. The van der Waals surface area contributed by atoms with Crippen molar-refractivity contribution in [1.29, 1.82) is 0 Å². The Morgan fingerprint density at radius 1 is 1.41 bits per heavy atom. The molecule has 2 atom stereocenters. The Hall–Kier alpha value is -0.610. The highest BCUT2D eigenvalue weighted by Crippen LogP contribution is 2.18. The molecule has 2 unspecified atom stereocenters. The van der Waals surface area contributed by atoms with Crippen LogP contribution >= 0.6 is 0 Å². The fourth-order valence-corrected chi connectivity index (χ4v) is 2.92. The first-order valence-corrected chi connectivity index (χ1v) is 6.88. The Labute approximate surface area is 104 Å². The quantitative estimate of drug-likeness (QED) is 0.679. The molecule has 1 amide bonds. The monoisotopic (exact) mass is 239 g/mol. The lowest BCUT2D eigenvalue weighted by Crippen LogP contribution is -2.55. The highest BCUT2D eigenvalue weighted by molar-refractivity contribution is 5.81. The summed E-state index contributed by atoms with van der Waals surface area (Å²) in [5, 5.41) is 9.94. The molecule has 2 rings (SSSR count). The van der Waals surface area contributed by atoms with E-state index >= 15 is 0 Å². The van der Waals surface area contributed by atoms with E-state index in [1.165, 1.54) is 12.8 Å². The molecule has 4 nitrogen and oxygen atoms in total. The molecule has 3 N–H and O–H groups in total. The van der Waals surface area contributed by atoms with Crippen LogP contribution < -0.4 is 16.0 Å². The Morgan fingerprint density at radius 2 is 2.12 bits per heavy atom. The van der Waals surface area contributed by atoms with Crippen LogP contribution in [0.4, 0.5) is 0 Å². The van der Waals surface area contributed by atoms with Crippen LogP contribution in [0.2, 0.25) is 0 Å². The molecule has 1 saturated carbocycles. The molecule has 4 heteroatoms. The third-order valence-corrected chi connectivity index (χ3v) is 4.03. The van der Waals surface area contributed by atoms with Gasteiger partial charge in [-0.25, -0.2) is 0 Å². The second-order valence-electron chi connectivity index (χ2n) is 5.84. The molecule has 0 aromatic carbocycles. The van der Waals surface area contributed by atoms with Crippen LogP contribution in [0, 0.1) is 0 Å². The van der Waals surface area contributed by atoms with Crippen molar-refractivity contribution >= 4 is 5.91 Å². The smallest absolute Gasteiger partial charge is 0.237 e. The molecule has 1 heterocycles. The molecule has 1 aliphatic heterocycles. The molecule has 0 bridgehead atoms. The van der Waals surface area contributed by atoms with E-state index in [4.69, 9.17) is 0 Å². The SMILES string of the molecule is CC(NC1(C)CCNC1)C(=O)NC1CCCC1. The van der Waals surface area contributed by atoms with E-state index in [1.54, 1.807) is 0 Å². The lowest BCUT2D eigenvalue weighted by molar-refractivity contribution is -0.123. The number of carbonyl (C=O) groups excluding carboxylic acids is 1. The van der Waals surface area contributed by atoms with Crippen molar-refractivity contribution in [2.45, 2.75) is 63.6 Å². The van der Waals surface area contributed by atoms with Gasteiger partial charge < -0.3 is 10.6 Å². The highest BCUT2D eigenvalue weighted by Gasteiger charge is 2.31. The standard InChI is InChI=1S/C13H25N3O/c1-10(16-13(2)7-8-14-9-13)12(17)15-11-5-3-4-6-11/h10-11,14,16H,3-9H2,1-2H3,(H,15,17). The van der Waals surface area contributed by atoms with Gasteiger partial charge in [-0.2, -0.15) is 0 Å². The van der Waals surface area contributed by atoms with Gasteiger partial charge in [0.25, 0.3) is 0 Å². The van der Waals surface area contributed by atoms with Gasteiger partial charge in [0.15, 0.2) is 0 Å². The van der Waals surface area contributed by atoms with E-state index in [-0.39, 0.29) is 17.5 Å². The van der Waals surface area contributed by atoms with Crippen molar-refractivity contribution in [2.75, 3.05) is 13.1 Å². The molecule has 98 valence electrons. The van der Waals surface area contributed by atoms with Gasteiger partial charge in [-0.3, -0.25) is 10.1 Å². The van der Waals surface area contributed by atoms with Gasteiger partial charge in [0.05, 0.1) is 6.04 Å². The number of nitrogens with one attached hydrogen (secondary N) is 3. The van der Waals surface area contributed by atoms with Crippen molar-refractivity contribution in [3.63, 3.8) is 0 Å². The molecule has 0 spiro atoms. The molecule has 0 aromatic heterocycles. The summed E-state index contributed by atoms with van der Waals surface area (Å²) in [6, 6.07) is 0.321. The first-order valence-electron chi connectivity index (χ1n) is 6.88. The van der Waals surface area contributed by atoms with E-state index < -0.39 is 0 Å². The fourth-order valence-electron chi connectivity index (χ4n) is 2.92. The lowest BCUT2D eigenvalue weighted by atomic mass is 10.0. The lowest BCUT2D eigenvalue weighted by Gasteiger charge is -2.29. The first kappa shape index (κ1) is 12.8. The van der Waals surface area contributed by atoms with Crippen LogP contribution in [0.5, 0.6) is 0 Å². The number of hydrogen-bond acceptors (Lipinski definition) is 3. The minimum atomic E-state index is -0.0968. The highest BCUT2D eigenvalue weighted by atomic mass is 16.2. The first-order chi connectivity index (χ1) is 8.09. The number of hydrogen-bond donors (Lipinski definition) is 3. The van der Waals surface area contributed by atoms with Gasteiger partial charge in [0, 0.05) is 18.1 Å². The average Bonchev–Trinajstić information content (AvgIpc) is 2.90. The third-order valence-electron chi connectivity index (χ3n) is 4.03. The molecule has 0 aromatic rings. The Kier molecular flexibility index (Phi) is 4.05. The van der Waals surface area contributed by atoms with Crippen molar-refractivity contribution in [3.8, 4) is 0 Å². The van der Waals surface area contributed by atoms with Gasteiger partial charge in [-0.1, -0.05) is 12.8 Å². The van der Waals surface area contributed by atoms with Gasteiger partial charge in [-0.05, 0) is 39.7 Å². The normalized spacial score (nSPS) is 31.6. The number of carbonyl (C=O) groups is 1. The van der Waals surface area contributed by atoms with Crippen LogP contribution in [-0.2, 0) is 4.79 Å². The molecular weight excluding hydrogens is 214 g/mol. The van der Waals surface area contributed by atoms with Crippen molar-refractivity contribution < 1.29 is 4.79 Å². The zero-order valence-electron chi connectivity index (χ0n) is 11.0. The molecule has 2 aliphatic rings. The summed E-state index contributed by atoms with van der Waals surface area (Å²) in [5.74, 6) is 0.157. The maximum absolute atomic E-state index is 12.0. The van der Waals surface area contributed by atoms with E-state index in [0.29, 0.717) is 6.04 Å². The number of rotatable bonds is 4. The Bertz CT molecular complexity index is 268. The summed E-state index contributed by atoms with van der Waals surface area (Å²) in [7, 11) is 0. The summed E-state index contributed by atoms with van der Waals surface area (Å²) < 4.78 is 0. The van der Waals surface area contributed by atoms with E-state index in [9.17, 15) is 4.79 Å². The van der Waals surface area contributed by atoms with Gasteiger partial charge in [0.2, 0.25) is 5.91 Å². The maximum Gasteiger partial charge on any atom is 0.237 e. The van der Waals surface area contributed by atoms with Crippen LogP contribution in [0.15, 0.2) is 0 Å². The second-order valence-corrected chi connectivity index (χ2v) is 5.84. The van der Waals surface area contributed by atoms with Crippen LogP contribution in [0.1, 0.15) is 46.0 Å². The van der Waals surface area contributed by atoms with Crippen molar-refractivity contribution in [3.05, 3.63) is 0 Å². The summed E-state index contributed by atoms with van der Waals surface area (Å²) in [4.78, 5) is 12.0. The van der Waals surface area contributed by atoms with Gasteiger partial charge >= 0.3 is 0 Å². The molecule has 0 radical (unpaired) electrons. The average molecular weight is 239 g/mol. The molecule has 1 aliphatic carbocycles. The number of amides is 1. The largest absolute Gasteiger partial charge is 0.352 e. The van der Waals surface area contributed by atoms with E-state index in [1.807, 2.05) is 6.92 Å². The van der Waals surface area contributed by atoms with Gasteiger partial charge in [0.1, 0.15) is 0 Å². The fraction of sp³-hybridized carbons (Fsp3) is 0.923. The minimum absolute atomic E-state index is 0.0758. The molecular formula is C13H25N3O. The third kappa shape index (κ3) is 3.42. The molecule has 2 fully saturated rings. The topological polar surface area (TPSA) is 53.2 Å². The second kappa shape index (κ2) is 5.36. The summed E-state index contributed by atoms with van der Waals surface area (Å²) >= 11 is 0. The van der Waals surface area contributed by atoms with Crippen molar-refractivity contribution in [2.24, 2.45) is 0 Å². The van der Waals surface area contributed by atoms with E-state index in [2.05, 4.69) is 22.9 Å². The van der Waals surface area contributed by atoms with Crippen LogP contribution in [0.3, 0.4) is 0 Å². The maximum atomic E-state index is 12.0. The van der Waals surface area contributed by atoms with Crippen LogP contribution in [-0.4, -0.2) is 36.6 Å². The summed E-state index contributed by atoms with van der Waals surface area (Å²) in [5.41, 5.74) is 0.0758. The van der Waals surface area contributed by atoms with E-state index in [0.717, 1.165) is 32.4 Å². The van der Waals surface area contributed by atoms with Crippen LogP contribution in [0.25, 0.3) is 0 Å². The molecule has 17 heavy (non-hydrogen) atoms. The zero-order chi connectivity index (χ0) is 12.3. The van der Waals surface area contributed by atoms with Crippen molar-refractivity contribution in [1.82, 2.24) is 16.0 Å². The molecule has 1 saturated heterocycles. The minimum Gasteiger partial charge on any atom is -0.352 e. The Balaban J connectivity index is 1.78. The predicted molar refractivity (Wildman–Crippen MR) is 68.9 cm³/mol. The summed E-state index contributed by atoms with van der Waals surface area (Å²) in [6.07, 6.45) is 5.91. The predicted octanol–water partition coefficient (Wildman–Crippen LogP) is 0.775. The zero-order valence-corrected chi connectivity index (χ0v) is 11.0. The summed E-state index contributed by atoms with van der Waals surface area (Å²) in [6.45, 7) is 6.15.